The Hall–Kier alpha value is 0.600. The highest BCUT2D eigenvalue weighted by molar-refractivity contribution is 8.26. The summed E-state index contributed by atoms with van der Waals surface area (Å²) in [4.78, 5) is 0. The van der Waals surface area contributed by atoms with Crippen LogP contribution in [-0.2, 0) is 19.6 Å². The molecule has 0 saturated heterocycles. The van der Waals surface area contributed by atoms with Crippen LogP contribution in [0.4, 0.5) is 0 Å². The molecule has 0 spiro atoms. The van der Waals surface area contributed by atoms with Gasteiger partial charge in [-0.3, -0.25) is 9.11 Å². The van der Waals surface area contributed by atoms with Gasteiger partial charge in [-0.15, -0.1) is 0 Å². The Balaban J connectivity index is 0. The third-order valence-electron chi connectivity index (χ3n) is 0. The molecule has 0 radical (unpaired) electrons. The topological polar surface area (TPSA) is 91.7 Å². The van der Waals surface area contributed by atoms with Crippen LogP contribution in [-0.4, -0.2) is 21.7 Å². The SMILES string of the molecule is O=S(=O)(O)O.O=S(Cl)Cl. The highest BCUT2D eigenvalue weighted by Gasteiger charge is 1.84. The van der Waals surface area contributed by atoms with Crippen LogP contribution in [0.3, 0.4) is 0 Å². The Labute approximate surface area is 63.0 Å². The van der Waals surface area contributed by atoms with Crippen LogP contribution in [0.2, 0.25) is 0 Å². The van der Waals surface area contributed by atoms with E-state index in [-0.39, 0.29) is 0 Å². The van der Waals surface area contributed by atoms with Crippen molar-refractivity contribution in [1.29, 1.82) is 0 Å². The van der Waals surface area contributed by atoms with Crippen molar-refractivity contribution in [2.24, 2.45) is 0 Å². The molecule has 0 atom stereocenters. The van der Waals surface area contributed by atoms with E-state index in [9.17, 15) is 0 Å². The molecule has 9 heavy (non-hydrogen) atoms. The minimum Gasteiger partial charge on any atom is -0.264 e. The standard InChI is InChI=1S/Cl2OS.H2O4S/c1-4(2)3;1-5(2,3)4/h;(H2,1,2,3,4). The van der Waals surface area contributed by atoms with Crippen LogP contribution in [0.25, 0.3) is 0 Å². The molecule has 2 N–H and O–H groups in total. The van der Waals surface area contributed by atoms with Gasteiger partial charge in [0.2, 0.25) is 9.23 Å². The zero-order valence-corrected chi connectivity index (χ0v) is 6.84. The molecule has 0 aliphatic heterocycles. The monoisotopic (exact) mass is 216 g/mol. The lowest BCUT2D eigenvalue weighted by molar-refractivity contribution is 0.381. The van der Waals surface area contributed by atoms with E-state index >= 15 is 0 Å². The summed E-state index contributed by atoms with van der Waals surface area (Å²) in [5, 5.41) is 0. The van der Waals surface area contributed by atoms with Crippen molar-refractivity contribution in [2.45, 2.75) is 0 Å². The fraction of sp³-hybridized carbons (Fsp3) is 0. The van der Waals surface area contributed by atoms with Gasteiger partial charge < -0.3 is 0 Å². The maximum Gasteiger partial charge on any atom is 0.394 e. The zero-order chi connectivity index (χ0) is 8.08. The lowest BCUT2D eigenvalue weighted by atomic mass is 15.8. The maximum atomic E-state index is 9.09. The average molecular weight is 217 g/mol. The van der Waals surface area contributed by atoms with Gasteiger partial charge in [0, 0.05) is 21.4 Å². The van der Waals surface area contributed by atoms with Crippen molar-refractivity contribution >= 4 is 41.0 Å². The van der Waals surface area contributed by atoms with Gasteiger partial charge in [0.1, 0.15) is 0 Å². The zero-order valence-electron chi connectivity index (χ0n) is 3.69. The first-order chi connectivity index (χ1) is 3.73. The maximum absolute atomic E-state index is 9.09. The van der Waals surface area contributed by atoms with Crippen LogP contribution in [0.1, 0.15) is 0 Å². The summed E-state index contributed by atoms with van der Waals surface area (Å²) < 4.78 is 40.7. The van der Waals surface area contributed by atoms with E-state index in [1.165, 1.54) is 0 Å². The smallest absolute Gasteiger partial charge is 0.264 e. The van der Waals surface area contributed by atoms with E-state index in [1.54, 1.807) is 0 Å². The van der Waals surface area contributed by atoms with Crippen molar-refractivity contribution in [1.82, 2.24) is 0 Å². The van der Waals surface area contributed by atoms with E-state index in [0.29, 0.717) is 0 Å². The Morgan fingerprint density at radius 1 is 1.22 bits per heavy atom. The second kappa shape index (κ2) is 5.39. The third-order valence-corrected chi connectivity index (χ3v) is 0. The first kappa shape index (κ1) is 12.3. The lowest BCUT2D eigenvalue weighted by Gasteiger charge is -1.68. The molecule has 0 fully saturated rings. The molecule has 5 nitrogen and oxygen atoms in total. The Morgan fingerprint density at radius 3 is 1.22 bits per heavy atom. The van der Waals surface area contributed by atoms with Crippen molar-refractivity contribution in [2.75, 3.05) is 0 Å². The van der Waals surface area contributed by atoms with E-state index in [0.717, 1.165) is 0 Å². The summed E-state index contributed by atoms with van der Waals surface area (Å²) in [7, 11) is 2.69. The summed E-state index contributed by atoms with van der Waals surface area (Å²) in [5.74, 6) is 0. The molecular weight excluding hydrogens is 215 g/mol. The molecule has 0 aromatic heterocycles. The highest BCUT2D eigenvalue weighted by atomic mass is 36.0. The third kappa shape index (κ3) is 1040. The largest absolute Gasteiger partial charge is 0.394 e. The molecular formula is H2Cl2O5S2. The highest BCUT2D eigenvalue weighted by Crippen LogP contribution is 1.89. The summed E-state index contributed by atoms with van der Waals surface area (Å²) in [5.41, 5.74) is 0. The molecule has 58 valence electrons. The molecule has 0 unspecified atom stereocenters. The number of hydrogen-bond acceptors (Lipinski definition) is 3. The van der Waals surface area contributed by atoms with Gasteiger partial charge in [0.05, 0.1) is 0 Å². The first-order valence-electron chi connectivity index (χ1n) is 1.17. The van der Waals surface area contributed by atoms with Gasteiger partial charge in [0.25, 0.3) is 0 Å². The second-order valence-corrected chi connectivity index (χ2v) is 4.05. The molecule has 0 aliphatic carbocycles. The number of rotatable bonds is 0. The van der Waals surface area contributed by atoms with Crippen LogP contribution >= 0.6 is 21.4 Å². The predicted octanol–water partition coefficient (Wildman–Crippen LogP) is 0.390. The van der Waals surface area contributed by atoms with Crippen LogP contribution < -0.4 is 0 Å². The summed E-state index contributed by atoms with van der Waals surface area (Å²) in [6.45, 7) is 0. The van der Waals surface area contributed by atoms with E-state index in [4.69, 9.17) is 21.7 Å². The summed E-state index contributed by atoms with van der Waals surface area (Å²) in [6.07, 6.45) is 0. The fourth-order valence-corrected chi connectivity index (χ4v) is 0. The number of halogens is 2. The minimum atomic E-state index is -4.67. The van der Waals surface area contributed by atoms with Gasteiger partial charge in [0.15, 0.2) is 0 Å². The number of hydrogen-bond donors (Lipinski definition) is 2. The van der Waals surface area contributed by atoms with E-state index < -0.39 is 19.6 Å². The molecule has 0 saturated carbocycles. The van der Waals surface area contributed by atoms with Gasteiger partial charge in [-0.25, -0.2) is 4.21 Å². The van der Waals surface area contributed by atoms with Crippen LogP contribution in [0.15, 0.2) is 0 Å². The van der Waals surface area contributed by atoms with Crippen molar-refractivity contribution in [3.63, 3.8) is 0 Å². The molecule has 0 bridgehead atoms. The van der Waals surface area contributed by atoms with Gasteiger partial charge >= 0.3 is 10.4 Å². The Kier molecular flexibility index (Phi) is 7.36. The quantitative estimate of drug-likeness (QED) is 0.452. The van der Waals surface area contributed by atoms with Crippen LogP contribution in [0, 0.1) is 0 Å². The Morgan fingerprint density at radius 2 is 1.22 bits per heavy atom. The normalized spacial score (nSPS) is 10.3. The molecule has 0 heterocycles. The molecule has 0 amide bonds. The lowest BCUT2D eigenvalue weighted by Crippen LogP contribution is -1.89. The van der Waals surface area contributed by atoms with E-state index in [1.807, 2.05) is 0 Å². The Bertz CT molecular complexity index is 155. The summed E-state index contributed by atoms with van der Waals surface area (Å²) in [6, 6.07) is 0. The second-order valence-electron chi connectivity index (χ2n) is 0.632. The molecule has 9 heteroatoms. The molecule has 0 aromatic carbocycles. The minimum absolute atomic E-state index is 1.67. The van der Waals surface area contributed by atoms with Crippen molar-refractivity contribution in [3.05, 3.63) is 0 Å². The molecule has 0 aliphatic rings. The molecule has 0 aromatic rings. The van der Waals surface area contributed by atoms with Gasteiger partial charge in [-0.05, 0) is 0 Å². The average Bonchev–Trinajstić information content (AvgIpc) is 1.19. The summed E-state index contributed by atoms with van der Waals surface area (Å²) >= 11 is 0. The van der Waals surface area contributed by atoms with Crippen molar-refractivity contribution < 1.29 is 21.7 Å². The molecule has 0 rings (SSSR count). The van der Waals surface area contributed by atoms with Crippen LogP contribution in [0.5, 0.6) is 0 Å². The predicted molar refractivity (Wildman–Crippen MR) is 34.0 cm³/mol. The van der Waals surface area contributed by atoms with E-state index in [2.05, 4.69) is 21.4 Å². The van der Waals surface area contributed by atoms with Gasteiger partial charge in [-0.1, -0.05) is 0 Å². The van der Waals surface area contributed by atoms with Gasteiger partial charge in [-0.2, -0.15) is 8.42 Å². The fourth-order valence-electron chi connectivity index (χ4n) is 0. The first-order valence-corrected chi connectivity index (χ1v) is 5.37. The van der Waals surface area contributed by atoms with Crippen molar-refractivity contribution in [3.8, 4) is 0 Å².